The number of H-pyrrole nitrogens is 1. The first-order valence-electron chi connectivity index (χ1n) is 8.43. The Kier molecular flexibility index (Phi) is 8.14. The van der Waals surface area contributed by atoms with E-state index in [-0.39, 0.29) is 24.0 Å². The number of guanidine groups is 1. The number of imidazole rings is 1. The van der Waals surface area contributed by atoms with Crippen LogP contribution < -0.4 is 10.6 Å². The molecule has 5 nitrogen and oxygen atoms in total. The lowest BCUT2D eigenvalue weighted by Gasteiger charge is -2.11. The first-order chi connectivity index (χ1) is 12.3. The topological polar surface area (TPSA) is 65.1 Å². The van der Waals surface area contributed by atoms with Crippen LogP contribution in [-0.4, -0.2) is 29.5 Å². The van der Waals surface area contributed by atoms with Crippen LogP contribution in [0.1, 0.15) is 11.4 Å². The van der Waals surface area contributed by atoms with Gasteiger partial charge in [-0.3, -0.25) is 4.99 Å². The van der Waals surface area contributed by atoms with Crippen molar-refractivity contribution in [1.82, 2.24) is 20.6 Å². The number of hydrogen-bond acceptors (Lipinski definition) is 2. The maximum Gasteiger partial charge on any atom is 0.191 e. The molecular weight excluding hydrogens is 437 g/mol. The van der Waals surface area contributed by atoms with E-state index in [0.29, 0.717) is 6.54 Å². The first-order valence-corrected chi connectivity index (χ1v) is 8.43. The van der Waals surface area contributed by atoms with Crippen molar-refractivity contribution < 1.29 is 0 Å². The van der Waals surface area contributed by atoms with Gasteiger partial charge in [0.05, 0.1) is 18.4 Å². The summed E-state index contributed by atoms with van der Waals surface area (Å²) in [5.41, 5.74) is 3.46. The second-order valence-corrected chi connectivity index (χ2v) is 5.70. The van der Waals surface area contributed by atoms with Crippen LogP contribution >= 0.6 is 24.0 Å². The molecule has 1 aromatic heterocycles. The second-order valence-electron chi connectivity index (χ2n) is 5.70. The SMILES string of the molecule is CN=C(NCCc1ccccc1)NCc1ncc(-c2ccccc2)[nH]1.I. The molecule has 136 valence electrons. The van der Waals surface area contributed by atoms with Crippen LogP contribution in [0.25, 0.3) is 11.3 Å². The van der Waals surface area contributed by atoms with Gasteiger partial charge in [-0.25, -0.2) is 4.98 Å². The number of nitrogens with one attached hydrogen (secondary N) is 3. The van der Waals surface area contributed by atoms with E-state index in [1.54, 1.807) is 7.05 Å². The molecule has 0 aliphatic heterocycles. The molecule has 0 unspecified atom stereocenters. The lowest BCUT2D eigenvalue weighted by Crippen LogP contribution is -2.38. The number of hydrogen-bond donors (Lipinski definition) is 3. The molecule has 0 aliphatic carbocycles. The van der Waals surface area contributed by atoms with Crippen LogP contribution in [0.2, 0.25) is 0 Å². The maximum absolute atomic E-state index is 4.43. The average Bonchev–Trinajstić information content (AvgIpc) is 3.15. The summed E-state index contributed by atoms with van der Waals surface area (Å²) >= 11 is 0. The molecule has 0 bridgehead atoms. The number of aromatic nitrogens is 2. The normalized spacial score (nSPS) is 10.9. The summed E-state index contributed by atoms with van der Waals surface area (Å²) in [5.74, 6) is 1.65. The Morgan fingerprint density at radius 3 is 2.38 bits per heavy atom. The van der Waals surface area contributed by atoms with Crippen molar-refractivity contribution >= 4 is 29.9 Å². The van der Waals surface area contributed by atoms with Gasteiger partial charge in [0.2, 0.25) is 0 Å². The van der Waals surface area contributed by atoms with Crippen molar-refractivity contribution in [3.8, 4) is 11.3 Å². The highest BCUT2D eigenvalue weighted by Gasteiger charge is 2.04. The predicted octanol–water partition coefficient (Wildman–Crippen LogP) is 3.60. The van der Waals surface area contributed by atoms with Crippen LogP contribution in [0, 0.1) is 0 Å². The van der Waals surface area contributed by atoms with Crippen molar-refractivity contribution in [3.63, 3.8) is 0 Å². The van der Waals surface area contributed by atoms with Crippen molar-refractivity contribution in [1.29, 1.82) is 0 Å². The Morgan fingerprint density at radius 2 is 1.69 bits per heavy atom. The fourth-order valence-electron chi connectivity index (χ4n) is 2.57. The van der Waals surface area contributed by atoms with Crippen molar-refractivity contribution in [2.24, 2.45) is 4.99 Å². The van der Waals surface area contributed by atoms with Crippen molar-refractivity contribution in [3.05, 3.63) is 78.2 Å². The van der Waals surface area contributed by atoms with E-state index in [1.807, 2.05) is 30.5 Å². The fraction of sp³-hybridized carbons (Fsp3) is 0.200. The lowest BCUT2D eigenvalue weighted by molar-refractivity contribution is 0.773. The lowest BCUT2D eigenvalue weighted by atomic mass is 10.1. The molecule has 0 saturated heterocycles. The summed E-state index contributed by atoms with van der Waals surface area (Å²) in [4.78, 5) is 12.0. The zero-order valence-corrected chi connectivity index (χ0v) is 17.1. The largest absolute Gasteiger partial charge is 0.356 e. The van der Waals surface area contributed by atoms with E-state index in [9.17, 15) is 0 Å². The molecule has 0 radical (unpaired) electrons. The van der Waals surface area contributed by atoms with Gasteiger partial charge in [0.1, 0.15) is 5.82 Å². The Labute approximate surface area is 171 Å². The van der Waals surface area contributed by atoms with Crippen LogP contribution in [0.15, 0.2) is 71.9 Å². The molecule has 3 aromatic rings. The van der Waals surface area contributed by atoms with Crippen LogP contribution in [0.5, 0.6) is 0 Å². The maximum atomic E-state index is 4.43. The summed E-state index contributed by atoms with van der Waals surface area (Å²) in [6.45, 7) is 1.43. The standard InChI is InChI=1S/C20H23N5.HI/c1-21-20(22-13-12-16-8-4-2-5-9-16)24-15-19-23-14-18(25-19)17-10-6-3-7-11-17;/h2-11,14H,12-13,15H2,1H3,(H,23,25)(H2,21,22,24);1H. The monoisotopic (exact) mass is 461 g/mol. The fourth-order valence-corrected chi connectivity index (χ4v) is 2.57. The van der Waals surface area contributed by atoms with E-state index in [1.165, 1.54) is 5.56 Å². The molecule has 0 saturated carbocycles. The molecule has 2 aromatic carbocycles. The van der Waals surface area contributed by atoms with Crippen molar-refractivity contribution in [2.75, 3.05) is 13.6 Å². The number of nitrogens with zero attached hydrogens (tertiary/aromatic N) is 2. The number of aliphatic imine (C=N–C) groups is 1. The Bertz CT molecular complexity index is 799. The highest BCUT2D eigenvalue weighted by atomic mass is 127. The molecule has 0 fully saturated rings. The van der Waals surface area contributed by atoms with E-state index in [4.69, 9.17) is 0 Å². The third-order valence-electron chi connectivity index (χ3n) is 3.91. The third kappa shape index (κ3) is 5.87. The van der Waals surface area contributed by atoms with Gasteiger partial charge in [-0.1, -0.05) is 60.7 Å². The van der Waals surface area contributed by atoms with E-state index in [0.717, 1.165) is 36.0 Å². The molecule has 0 aliphatic rings. The van der Waals surface area contributed by atoms with Gasteiger partial charge >= 0.3 is 0 Å². The molecular formula is C20H24IN5. The van der Waals surface area contributed by atoms with E-state index < -0.39 is 0 Å². The van der Waals surface area contributed by atoms with E-state index in [2.05, 4.69) is 62.0 Å². The minimum Gasteiger partial charge on any atom is -0.356 e. The predicted molar refractivity (Wildman–Crippen MR) is 118 cm³/mol. The minimum atomic E-state index is 0. The quantitative estimate of drug-likeness (QED) is 0.299. The van der Waals surface area contributed by atoms with Gasteiger partial charge in [0.25, 0.3) is 0 Å². The molecule has 3 N–H and O–H groups in total. The highest BCUT2D eigenvalue weighted by Crippen LogP contribution is 2.15. The third-order valence-corrected chi connectivity index (χ3v) is 3.91. The number of benzene rings is 2. The molecule has 26 heavy (non-hydrogen) atoms. The summed E-state index contributed by atoms with van der Waals surface area (Å²) in [7, 11) is 1.77. The smallest absolute Gasteiger partial charge is 0.191 e. The Morgan fingerprint density at radius 1 is 1.00 bits per heavy atom. The summed E-state index contributed by atoms with van der Waals surface area (Å²) in [6.07, 6.45) is 2.82. The van der Waals surface area contributed by atoms with Gasteiger partial charge in [-0.15, -0.1) is 24.0 Å². The van der Waals surface area contributed by atoms with Gasteiger partial charge in [0.15, 0.2) is 5.96 Å². The average molecular weight is 461 g/mol. The molecule has 0 spiro atoms. The van der Waals surface area contributed by atoms with E-state index >= 15 is 0 Å². The Balaban J connectivity index is 0.00000243. The number of rotatable bonds is 6. The second kappa shape index (κ2) is 10.6. The van der Waals surface area contributed by atoms with Gasteiger partial charge in [0, 0.05) is 13.6 Å². The summed E-state index contributed by atoms with van der Waals surface area (Å²) in [5, 5.41) is 6.61. The van der Waals surface area contributed by atoms with Crippen LogP contribution in [0.4, 0.5) is 0 Å². The van der Waals surface area contributed by atoms with Gasteiger partial charge in [-0.05, 0) is 17.5 Å². The zero-order valence-electron chi connectivity index (χ0n) is 14.8. The van der Waals surface area contributed by atoms with Gasteiger partial charge < -0.3 is 15.6 Å². The minimum absolute atomic E-state index is 0. The Hall–Kier alpha value is -2.35. The van der Waals surface area contributed by atoms with Gasteiger partial charge in [-0.2, -0.15) is 0 Å². The molecule has 0 atom stereocenters. The summed E-state index contributed by atoms with van der Waals surface area (Å²) in [6, 6.07) is 20.6. The highest BCUT2D eigenvalue weighted by molar-refractivity contribution is 14.0. The molecule has 1 heterocycles. The number of aromatic amines is 1. The molecule has 0 amide bonds. The van der Waals surface area contributed by atoms with Crippen molar-refractivity contribution in [2.45, 2.75) is 13.0 Å². The molecule has 3 rings (SSSR count). The van der Waals surface area contributed by atoms with Crippen LogP contribution in [-0.2, 0) is 13.0 Å². The van der Waals surface area contributed by atoms with Crippen LogP contribution in [0.3, 0.4) is 0 Å². The first kappa shape index (κ1) is 20.0. The summed E-state index contributed by atoms with van der Waals surface area (Å²) < 4.78 is 0. The zero-order chi connectivity index (χ0) is 17.3. The number of halogens is 1. The molecule has 6 heteroatoms.